The second-order valence-electron chi connectivity index (χ2n) is 6.28. The number of piperidine rings is 1. The van der Waals surface area contributed by atoms with Crippen molar-refractivity contribution in [2.24, 2.45) is 0 Å². The van der Waals surface area contributed by atoms with Gasteiger partial charge in [0.05, 0.1) is 7.11 Å². The van der Waals surface area contributed by atoms with Gasteiger partial charge in [-0.25, -0.2) is 4.79 Å². The lowest BCUT2D eigenvalue weighted by molar-refractivity contribution is -0.136. The SMILES string of the molecule is COc1cccc(CNC(=O)N[C@@H](C)C(=O)N2CCCC[C@@H]2C)c1. The first-order valence-electron chi connectivity index (χ1n) is 8.49. The average Bonchev–Trinajstić information content (AvgIpc) is 2.60. The van der Waals surface area contributed by atoms with Crippen LogP contribution in [-0.2, 0) is 11.3 Å². The molecule has 1 aromatic carbocycles. The van der Waals surface area contributed by atoms with Crippen LogP contribution in [0, 0.1) is 0 Å². The molecular formula is C18H27N3O3. The highest BCUT2D eigenvalue weighted by Crippen LogP contribution is 2.17. The number of methoxy groups -OCH3 is 1. The first-order valence-corrected chi connectivity index (χ1v) is 8.49. The van der Waals surface area contributed by atoms with Crippen LogP contribution in [0.2, 0.25) is 0 Å². The molecule has 6 heteroatoms. The maximum atomic E-state index is 12.5. The molecule has 0 bridgehead atoms. The minimum Gasteiger partial charge on any atom is -0.497 e. The summed E-state index contributed by atoms with van der Waals surface area (Å²) in [5, 5.41) is 5.50. The van der Waals surface area contributed by atoms with Crippen LogP contribution < -0.4 is 15.4 Å². The lowest BCUT2D eigenvalue weighted by Crippen LogP contribution is -2.53. The Kier molecular flexibility index (Phi) is 6.46. The molecule has 6 nitrogen and oxygen atoms in total. The quantitative estimate of drug-likeness (QED) is 0.868. The number of likely N-dealkylation sites (tertiary alicyclic amines) is 1. The van der Waals surface area contributed by atoms with Gasteiger partial charge in [-0.1, -0.05) is 12.1 Å². The lowest BCUT2D eigenvalue weighted by Gasteiger charge is -2.35. The van der Waals surface area contributed by atoms with Gasteiger partial charge >= 0.3 is 6.03 Å². The fourth-order valence-electron chi connectivity index (χ4n) is 2.95. The minimum absolute atomic E-state index is 0.0151. The van der Waals surface area contributed by atoms with Gasteiger partial charge in [-0.2, -0.15) is 0 Å². The van der Waals surface area contributed by atoms with Gasteiger partial charge in [-0.15, -0.1) is 0 Å². The second kappa shape index (κ2) is 8.57. The van der Waals surface area contributed by atoms with E-state index in [4.69, 9.17) is 4.74 Å². The fraction of sp³-hybridized carbons (Fsp3) is 0.556. The molecule has 1 aromatic rings. The largest absolute Gasteiger partial charge is 0.497 e. The number of benzene rings is 1. The van der Waals surface area contributed by atoms with Gasteiger partial charge < -0.3 is 20.3 Å². The molecule has 0 aromatic heterocycles. The number of urea groups is 1. The van der Waals surface area contributed by atoms with E-state index in [1.807, 2.05) is 29.2 Å². The predicted molar refractivity (Wildman–Crippen MR) is 92.9 cm³/mol. The van der Waals surface area contributed by atoms with Crippen LogP contribution in [-0.4, -0.2) is 42.6 Å². The van der Waals surface area contributed by atoms with Gasteiger partial charge in [-0.05, 0) is 50.8 Å². The first kappa shape index (κ1) is 18.1. The molecule has 1 saturated heterocycles. The zero-order valence-corrected chi connectivity index (χ0v) is 14.7. The molecule has 1 aliphatic heterocycles. The van der Waals surface area contributed by atoms with E-state index >= 15 is 0 Å². The summed E-state index contributed by atoms with van der Waals surface area (Å²) in [6.45, 7) is 4.95. The van der Waals surface area contributed by atoms with Gasteiger partial charge in [0.25, 0.3) is 0 Å². The maximum Gasteiger partial charge on any atom is 0.315 e. The third-order valence-electron chi connectivity index (χ3n) is 4.39. The van der Waals surface area contributed by atoms with Crippen LogP contribution in [0.5, 0.6) is 5.75 Å². The minimum atomic E-state index is -0.532. The van der Waals surface area contributed by atoms with Gasteiger partial charge in [0, 0.05) is 19.1 Å². The van der Waals surface area contributed by atoms with Crippen molar-refractivity contribution in [1.29, 1.82) is 0 Å². The van der Waals surface area contributed by atoms with E-state index in [0.717, 1.165) is 37.1 Å². The van der Waals surface area contributed by atoms with Crippen LogP contribution in [0.4, 0.5) is 4.79 Å². The molecule has 2 atom stereocenters. The van der Waals surface area contributed by atoms with Gasteiger partial charge in [0.15, 0.2) is 0 Å². The highest BCUT2D eigenvalue weighted by atomic mass is 16.5. The molecule has 3 amide bonds. The number of amides is 3. The molecule has 0 saturated carbocycles. The van der Waals surface area contributed by atoms with Crippen molar-refractivity contribution >= 4 is 11.9 Å². The van der Waals surface area contributed by atoms with Gasteiger partial charge in [-0.3, -0.25) is 4.79 Å². The molecule has 1 fully saturated rings. The molecule has 24 heavy (non-hydrogen) atoms. The number of carbonyl (C=O) groups excluding carboxylic acids is 2. The summed E-state index contributed by atoms with van der Waals surface area (Å²) in [6.07, 6.45) is 3.22. The third-order valence-corrected chi connectivity index (χ3v) is 4.39. The Morgan fingerprint density at radius 2 is 2.17 bits per heavy atom. The van der Waals surface area contributed by atoms with E-state index < -0.39 is 6.04 Å². The van der Waals surface area contributed by atoms with E-state index in [9.17, 15) is 9.59 Å². The Morgan fingerprint density at radius 3 is 2.88 bits per heavy atom. The molecule has 132 valence electrons. The molecule has 2 N–H and O–H groups in total. The molecular weight excluding hydrogens is 306 g/mol. The average molecular weight is 333 g/mol. The highest BCUT2D eigenvalue weighted by molar-refractivity contribution is 5.87. The normalized spacial score (nSPS) is 18.6. The monoisotopic (exact) mass is 333 g/mol. The van der Waals surface area contributed by atoms with Crippen molar-refractivity contribution in [3.63, 3.8) is 0 Å². The van der Waals surface area contributed by atoms with E-state index in [1.54, 1.807) is 14.0 Å². The summed E-state index contributed by atoms with van der Waals surface area (Å²) < 4.78 is 5.16. The molecule has 0 radical (unpaired) electrons. The molecule has 1 heterocycles. The number of rotatable bonds is 5. The zero-order chi connectivity index (χ0) is 17.5. The van der Waals surface area contributed by atoms with Crippen LogP contribution in [0.25, 0.3) is 0 Å². The van der Waals surface area contributed by atoms with Gasteiger partial charge in [0.2, 0.25) is 5.91 Å². The van der Waals surface area contributed by atoms with E-state index in [2.05, 4.69) is 17.6 Å². The molecule has 2 rings (SSSR count). The van der Waals surface area contributed by atoms with Crippen molar-refractivity contribution in [1.82, 2.24) is 15.5 Å². The second-order valence-corrected chi connectivity index (χ2v) is 6.28. The molecule has 0 aliphatic carbocycles. The first-order chi connectivity index (χ1) is 11.5. The van der Waals surface area contributed by atoms with E-state index in [1.165, 1.54) is 0 Å². The summed E-state index contributed by atoms with van der Waals surface area (Å²) in [7, 11) is 1.61. The predicted octanol–water partition coefficient (Wildman–Crippen LogP) is 2.28. The van der Waals surface area contributed by atoms with E-state index in [-0.39, 0.29) is 18.0 Å². The number of carbonyl (C=O) groups is 2. The Morgan fingerprint density at radius 1 is 1.38 bits per heavy atom. The standard InChI is InChI=1S/C18H27N3O3/c1-13-7-4-5-10-21(13)17(22)14(2)20-18(23)19-12-15-8-6-9-16(11-15)24-3/h6,8-9,11,13-14H,4-5,7,10,12H2,1-3H3,(H2,19,20,23)/t13-,14-/m0/s1. The number of ether oxygens (including phenoxy) is 1. The summed E-state index contributed by atoms with van der Waals surface area (Å²) in [5.74, 6) is 0.732. The number of hydrogen-bond donors (Lipinski definition) is 2. The Bertz CT molecular complexity index is 576. The molecule has 1 aliphatic rings. The summed E-state index contributed by atoms with van der Waals surface area (Å²) >= 11 is 0. The van der Waals surface area contributed by atoms with Crippen molar-refractivity contribution in [3.05, 3.63) is 29.8 Å². The topological polar surface area (TPSA) is 70.7 Å². The molecule has 0 unspecified atom stereocenters. The number of nitrogens with one attached hydrogen (secondary N) is 2. The number of hydrogen-bond acceptors (Lipinski definition) is 3. The Hall–Kier alpha value is -2.24. The summed E-state index contributed by atoms with van der Waals surface area (Å²) in [4.78, 5) is 26.4. The fourth-order valence-corrected chi connectivity index (χ4v) is 2.95. The summed E-state index contributed by atoms with van der Waals surface area (Å²) in [5.41, 5.74) is 0.938. The van der Waals surface area contributed by atoms with Crippen molar-refractivity contribution in [3.8, 4) is 5.75 Å². The van der Waals surface area contributed by atoms with Crippen LogP contribution in [0.1, 0.15) is 38.7 Å². The number of nitrogens with zero attached hydrogens (tertiary/aromatic N) is 1. The smallest absolute Gasteiger partial charge is 0.315 e. The lowest BCUT2D eigenvalue weighted by atomic mass is 10.0. The van der Waals surface area contributed by atoms with Crippen LogP contribution >= 0.6 is 0 Å². The van der Waals surface area contributed by atoms with Gasteiger partial charge in [0.1, 0.15) is 11.8 Å². The molecule has 0 spiro atoms. The van der Waals surface area contributed by atoms with E-state index in [0.29, 0.717) is 6.54 Å². The maximum absolute atomic E-state index is 12.5. The Balaban J connectivity index is 1.81. The van der Waals surface area contributed by atoms with Crippen molar-refractivity contribution in [2.45, 2.75) is 51.7 Å². The van der Waals surface area contributed by atoms with Crippen molar-refractivity contribution < 1.29 is 14.3 Å². The Labute approximate surface area is 143 Å². The van der Waals surface area contributed by atoms with Crippen molar-refractivity contribution in [2.75, 3.05) is 13.7 Å². The highest BCUT2D eigenvalue weighted by Gasteiger charge is 2.27. The van der Waals surface area contributed by atoms with Crippen LogP contribution in [0.15, 0.2) is 24.3 Å². The summed E-state index contributed by atoms with van der Waals surface area (Å²) in [6, 6.07) is 6.87. The van der Waals surface area contributed by atoms with Crippen LogP contribution in [0.3, 0.4) is 0 Å². The third kappa shape index (κ3) is 4.88. The zero-order valence-electron chi connectivity index (χ0n) is 14.7.